The molecule has 0 radical (unpaired) electrons. The summed E-state index contributed by atoms with van der Waals surface area (Å²) >= 11 is 0. The van der Waals surface area contributed by atoms with Gasteiger partial charge in [0.25, 0.3) is 0 Å². The van der Waals surface area contributed by atoms with Crippen molar-refractivity contribution < 1.29 is 13.2 Å². The molecule has 0 atom stereocenters. The molecule has 0 rings (SSSR count). The highest BCUT2D eigenvalue weighted by Crippen LogP contribution is 2.26. The van der Waals surface area contributed by atoms with Crippen molar-refractivity contribution >= 4 is 0 Å². The molecule has 0 nitrogen and oxygen atoms in total. The van der Waals surface area contributed by atoms with Gasteiger partial charge in [-0.05, 0) is 25.5 Å². The first-order valence-electron chi connectivity index (χ1n) is 4.03. The topological polar surface area (TPSA) is 0 Å². The van der Waals surface area contributed by atoms with E-state index >= 15 is 0 Å². The minimum atomic E-state index is -4.34. The zero-order valence-corrected chi connectivity index (χ0v) is 8.28. The largest absolute Gasteiger partial charge is 0.416 e. The summed E-state index contributed by atoms with van der Waals surface area (Å²) in [6.07, 6.45) is -1.17. The molecule has 0 aliphatic heterocycles. The number of alkyl halides is 3. The summed E-state index contributed by atoms with van der Waals surface area (Å²) in [5.74, 6) is 0. The lowest BCUT2D eigenvalue weighted by atomic mass is 10.1. The van der Waals surface area contributed by atoms with Crippen LogP contribution in [0.25, 0.3) is 0 Å². The van der Waals surface area contributed by atoms with E-state index < -0.39 is 11.7 Å². The summed E-state index contributed by atoms with van der Waals surface area (Å²) in [5.41, 5.74) is 0.707. The molecule has 0 amide bonds. The fourth-order valence-electron chi connectivity index (χ4n) is 0.635. The molecule has 0 aliphatic carbocycles. The second kappa shape index (κ2) is 4.84. The normalized spacial score (nSPS) is 14.1. The van der Waals surface area contributed by atoms with Gasteiger partial charge in [0.1, 0.15) is 0 Å². The third-order valence-corrected chi connectivity index (χ3v) is 1.73. The summed E-state index contributed by atoms with van der Waals surface area (Å²) in [5, 5.41) is 0. The Morgan fingerprint density at radius 1 is 1.14 bits per heavy atom. The van der Waals surface area contributed by atoms with Crippen LogP contribution in [0.4, 0.5) is 13.2 Å². The van der Waals surface area contributed by atoms with Crippen molar-refractivity contribution in [2.45, 2.75) is 20.0 Å². The van der Waals surface area contributed by atoms with Crippen LogP contribution < -0.4 is 0 Å². The zero-order valence-electron chi connectivity index (χ0n) is 8.28. The third kappa shape index (κ3) is 4.12. The molecule has 3 heteroatoms. The van der Waals surface area contributed by atoms with Gasteiger partial charge in [0.15, 0.2) is 0 Å². The maximum Gasteiger partial charge on any atom is 0.416 e. The molecule has 0 saturated heterocycles. The lowest BCUT2D eigenvalue weighted by Gasteiger charge is -2.05. The number of hydrogen-bond donors (Lipinski definition) is 0. The van der Waals surface area contributed by atoms with E-state index in [1.807, 2.05) is 0 Å². The lowest BCUT2D eigenvalue weighted by molar-refractivity contribution is -0.0881. The van der Waals surface area contributed by atoms with E-state index in [1.54, 1.807) is 13.8 Å². The number of hydrogen-bond acceptors (Lipinski definition) is 0. The molecule has 0 N–H and O–H groups in total. The van der Waals surface area contributed by atoms with Crippen molar-refractivity contribution in [2.75, 3.05) is 0 Å². The predicted octanol–water partition coefficient (Wildman–Crippen LogP) is 4.18. The molecule has 0 bridgehead atoms. The van der Waals surface area contributed by atoms with Crippen LogP contribution in [-0.4, -0.2) is 6.18 Å². The van der Waals surface area contributed by atoms with E-state index in [0.717, 1.165) is 17.7 Å². The van der Waals surface area contributed by atoms with E-state index in [0.29, 0.717) is 5.57 Å². The Balaban J connectivity index is 4.90. The van der Waals surface area contributed by atoms with Crippen LogP contribution in [0.5, 0.6) is 0 Å². The Bertz CT molecular complexity index is 290. The second-order valence-electron chi connectivity index (χ2n) is 2.95. The van der Waals surface area contributed by atoms with Gasteiger partial charge in [-0.3, -0.25) is 0 Å². The first kappa shape index (κ1) is 12.8. The standard InChI is InChI=1S/C11H13F3/c1-5-10(11(12,13)14)7-6-9(4)8(2)3/h5-7H,1-2H2,3-4H3/b9-6+,10-7+. The maximum absolute atomic E-state index is 12.2. The highest BCUT2D eigenvalue weighted by atomic mass is 19.4. The van der Waals surface area contributed by atoms with Crippen molar-refractivity contribution in [1.29, 1.82) is 0 Å². The Hall–Kier alpha value is -1.25. The summed E-state index contributed by atoms with van der Waals surface area (Å²) < 4.78 is 36.5. The summed E-state index contributed by atoms with van der Waals surface area (Å²) in [7, 11) is 0. The Labute approximate surface area is 82.1 Å². The minimum absolute atomic E-state index is 0.716. The fourth-order valence-corrected chi connectivity index (χ4v) is 0.635. The van der Waals surface area contributed by atoms with Gasteiger partial charge >= 0.3 is 6.18 Å². The van der Waals surface area contributed by atoms with Crippen LogP contribution in [0.3, 0.4) is 0 Å². The van der Waals surface area contributed by atoms with E-state index in [1.165, 1.54) is 6.08 Å². The molecule has 0 saturated carbocycles. The Morgan fingerprint density at radius 3 is 1.93 bits per heavy atom. The van der Waals surface area contributed by atoms with Crippen molar-refractivity contribution in [1.82, 2.24) is 0 Å². The first-order valence-corrected chi connectivity index (χ1v) is 4.03. The van der Waals surface area contributed by atoms with Gasteiger partial charge in [0.2, 0.25) is 0 Å². The fraction of sp³-hybridized carbons (Fsp3) is 0.273. The summed E-state index contributed by atoms with van der Waals surface area (Å²) in [4.78, 5) is 0. The molecule has 14 heavy (non-hydrogen) atoms. The Kier molecular flexibility index (Phi) is 4.41. The molecule has 0 unspecified atom stereocenters. The van der Waals surface area contributed by atoms with Crippen LogP contribution in [0.1, 0.15) is 13.8 Å². The molecule has 0 fully saturated rings. The smallest absolute Gasteiger partial charge is 0.166 e. The van der Waals surface area contributed by atoms with Gasteiger partial charge in [-0.25, -0.2) is 0 Å². The minimum Gasteiger partial charge on any atom is -0.166 e. The lowest BCUT2D eigenvalue weighted by Crippen LogP contribution is -2.09. The van der Waals surface area contributed by atoms with Gasteiger partial charge in [-0.15, -0.1) is 0 Å². The molecular formula is C11H13F3. The van der Waals surface area contributed by atoms with E-state index in [-0.39, 0.29) is 0 Å². The average molecular weight is 202 g/mol. The van der Waals surface area contributed by atoms with Crippen molar-refractivity contribution in [3.8, 4) is 0 Å². The van der Waals surface area contributed by atoms with Gasteiger partial charge in [-0.2, -0.15) is 13.2 Å². The SMILES string of the molecule is C=C/C(=C\C=C(/C)C(=C)C)C(F)(F)F. The van der Waals surface area contributed by atoms with Crippen molar-refractivity contribution in [3.63, 3.8) is 0 Å². The second-order valence-corrected chi connectivity index (χ2v) is 2.95. The predicted molar refractivity (Wildman–Crippen MR) is 52.9 cm³/mol. The molecule has 0 spiro atoms. The highest BCUT2D eigenvalue weighted by Gasteiger charge is 2.30. The van der Waals surface area contributed by atoms with E-state index in [4.69, 9.17) is 0 Å². The highest BCUT2D eigenvalue weighted by molar-refractivity contribution is 5.33. The Morgan fingerprint density at radius 2 is 1.64 bits per heavy atom. The molecule has 0 aromatic rings. The summed E-state index contributed by atoms with van der Waals surface area (Å²) in [6.45, 7) is 10.2. The molecular weight excluding hydrogens is 189 g/mol. The van der Waals surface area contributed by atoms with Crippen LogP contribution in [0.2, 0.25) is 0 Å². The maximum atomic E-state index is 12.2. The third-order valence-electron chi connectivity index (χ3n) is 1.73. The first-order chi connectivity index (χ1) is 6.29. The molecule has 0 aromatic carbocycles. The summed E-state index contributed by atoms with van der Waals surface area (Å²) in [6, 6.07) is 0. The van der Waals surface area contributed by atoms with Gasteiger partial charge in [0.05, 0.1) is 5.57 Å². The molecule has 78 valence electrons. The number of allylic oxidation sites excluding steroid dienone is 6. The molecule has 0 heterocycles. The number of rotatable bonds is 3. The molecule has 0 aromatic heterocycles. The van der Waals surface area contributed by atoms with Gasteiger partial charge in [-0.1, -0.05) is 30.9 Å². The van der Waals surface area contributed by atoms with Gasteiger partial charge < -0.3 is 0 Å². The monoisotopic (exact) mass is 202 g/mol. The van der Waals surface area contributed by atoms with Gasteiger partial charge in [0, 0.05) is 0 Å². The molecule has 0 aliphatic rings. The van der Waals surface area contributed by atoms with E-state index in [9.17, 15) is 13.2 Å². The van der Waals surface area contributed by atoms with Crippen LogP contribution in [-0.2, 0) is 0 Å². The van der Waals surface area contributed by atoms with E-state index in [2.05, 4.69) is 13.2 Å². The number of halogens is 3. The average Bonchev–Trinajstić information content (AvgIpc) is 2.02. The van der Waals surface area contributed by atoms with Crippen LogP contribution in [0.15, 0.2) is 48.1 Å². The van der Waals surface area contributed by atoms with Crippen molar-refractivity contribution in [2.24, 2.45) is 0 Å². The zero-order chi connectivity index (χ0) is 11.4. The van der Waals surface area contributed by atoms with Crippen LogP contribution in [0, 0.1) is 0 Å². The quantitative estimate of drug-likeness (QED) is 0.602. The van der Waals surface area contributed by atoms with Crippen LogP contribution >= 0.6 is 0 Å². The van der Waals surface area contributed by atoms with Crippen molar-refractivity contribution in [3.05, 3.63) is 48.1 Å².